The molecule has 0 saturated heterocycles. The molecule has 0 aliphatic heterocycles. The van der Waals surface area contributed by atoms with E-state index in [-0.39, 0.29) is 11.2 Å². The first kappa shape index (κ1) is 14.1. The molecule has 108 valence electrons. The van der Waals surface area contributed by atoms with Crippen molar-refractivity contribution in [2.45, 2.75) is 20.4 Å². The van der Waals surface area contributed by atoms with Crippen LogP contribution in [0.1, 0.15) is 17.0 Å². The minimum absolute atomic E-state index is 0.278. The Labute approximate surface area is 116 Å². The van der Waals surface area contributed by atoms with Gasteiger partial charge in [-0.05, 0) is 13.8 Å². The van der Waals surface area contributed by atoms with Gasteiger partial charge < -0.3 is 9.88 Å². The van der Waals surface area contributed by atoms with Crippen LogP contribution >= 0.6 is 0 Å². The second kappa shape index (κ2) is 4.99. The predicted molar refractivity (Wildman–Crippen MR) is 76.9 cm³/mol. The minimum Gasteiger partial charge on any atom is -0.378 e. The zero-order chi connectivity index (χ0) is 15.0. The lowest BCUT2D eigenvalue weighted by Gasteiger charge is -2.09. The molecular formula is C13H19N5O2. The number of aryl methyl sites for hydroxylation is 3. The van der Waals surface area contributed by atoms with Crippen molar-refractivity contribution < 1.29 is 0 Å². The molecule has 0 unspecified atom stereocenters. The predicted octanol–water partition coefficient (Wildman–Crippen LogP) is 0.0464. The Morgan fingerprint density at radius 2 is 1.85 bits per heavy atom. The number of nitrogens with one attached hydrogen (secondary N) is 1. The number of anilines is 1. The minimum atomic E-state index is -0.326. The van der Waals surface area contributed by atoms with Crippen LogP contribution in [-0.4, -0.2) is 18.9 Å². The molecule has 0 aromatic carbocycles. The summed E-state index contributed by atoms with van der Waals surface area (Å²) in [5, 5.41) is 7.53. The first-order chi connectivity index (χ1) is 9.32. The highest BCUT2D eigenvalue weighted by Gasteiger charge is 2.11. The van der Waals surface area contributed by atoms with Crippen molar-refractivity contribution in [3.05, 3.63) is 44.0 Å². The quantitative estimate of drug-likeness (QED) is 0.860. The van der Waals surface area contributed by atoms with Crippen molar-refractivity contribution in [2.75, 3.05) is 5.32 Å². The van der Waals surface area contributed by atoms with E-state index in [4.69, 9.17) is 0 Å². The zero-order valence-electron chi connectivity index (χ0n) is 12.4. The van der Waals surface area contributed by atoms with Crippen LogP contribution in [0.5, 0.6) is 0 Å². The summed E-state index contributed by atoms with van der Waals surface area (Å²) >= 11 is 0. The summed E-state index contributed by atoms with van der Waals surface area (Å²) in [5.74, 6) is 0. The summed E-state index contributed by atoms with van der Waals surface area (Å²) in [5.41, 5.74) is 2.74. The van der Waals surface area contributed by atoms with E-state index in [0.717, 1.165) is 21.6 Å². The highest BCUT2D eigenvalue weighted by Crippen LogP contribution is 2.18. The summed E-state index contributed by atoms with van der Waals surface area (Å²) in [6.07, 6.45) is 1.57. The van der Waals surface area contributed by atoms with Gasteiger partial charge in [-0.2, -0.15) is 5.10 Å². The van der Waals surface area contributed by atoms with Gasteiger partial charge in [-0.25, -0.2) is 4.79 Å². The van der Waals surface area contributed by atoms with Crippen molar-refractivity contribution in [1.29, 1.82) is 0 Å². The molecule has 0 aliphatic carbocycles. The third kappa shape index (κ3) is 2.26. The van der Waals surface area contributed by atoms with Crippen LogP contribution in [0.2, 0.25) is 0 Å². The van der Waals surface area contributed by atoms with Gasteiger partial charge in [0.05, 0.1) is 22.6 Å². The van der Waals surface area contributed by atoms with Crippen molar-refractivity contribution in [1.82, 2.24) is 18.9 Å². The molecule has 7 heteroatoms. The van der Waals surface area contributed by atoms with Crippen molar-refractivity contribution in [2.24, 2.45) is 21.1 Å². The fraction of sp³-hybridized carbons (Fsp3) is 0.462. The SMILES string of the molecule is Cc1nn(C)c(C)c1NCc1cn(C)c(=O)n(C)c1=O. The van der Waals surface area contributed by atoms with Gasteiger partial charge in [-0.1, -0.05) is 0 Å². The van der Waals surface area contributed by atoms with E-state index in [2.05, 4.69) is 10.4 Å². The topological polar surface area (TPSA) is 73.8 Å². The highest BCUT2D eigenvalue weighted by atomic mass is 16.2. The maximum atomic E-state index is 12.0. The molecule has 0 amide bonds. The van der Waals surface area contributed by atoms with Gasteiger partial charge in [0.25, 0.3) is 5.56 Å². The van der Waals surface area contributed by atoms with Gasteiger partial charge in [0.2, 0.25) is 0 Å². The van der Waals surface area contributed by atoms with Gasteiger partial charge >= 0.3 is 5.69 Å². The average Bonchev–Trinajstić information content (AvgIpc) is 2.64. The summed E-state index contributed by atoms with van der Waals surface area (Å²) < 4.78 is 4.30. The third-order valence-electron chi connectivity index (χ3n) is 3.48. The number of hydrogen-bond donors (Lipinski definition) is 1. The number of nitrogens with zero attached hydrogens (tertiary/aromatic N) is 4. The smallest absolute Gasteiger partial charge is 0.330 e. The molecule has 2 heterocycles. The summed E-state index contributed by atoms with van der Waals surface area (Å²) in [6.45, 7) is 4.23. The normalized spacial score (nSPS) is 10.8. The fourth-order valence-electron chi connectivity index (χ4n) is 2.22. The molecule has 2 aromatic rings. The molecule has 1 N–H and O–H groups in total. The van der Waals surface area contributed by atoms with Crippen LogP contribution in [0, 0.1) is 13.8 Å². The molecule has 0 fully saturated rings. The van der Waals surface area contributed by atoms with Crippen molar-refractivity contribution in [3.8, 4) is 0 Å². The van der Waals surface area contributed by atoms with Crippen LogP contribution in [-0.2, 0) is 27.7 Å². The van der Waals surface area contributed by atoms with Gasteiger partial charge in [0.15, 0.2) is 0 Å². The van der Waals surface area contributed by atoms with Gasteiger partial charge in [-0.15, -0.1) is 0 Å². The Balaban J connectivity index is 2.33. The second-order valence-electron chi connectivity index (χ2n) is 4.93. The second-order valence-corrected chi connectivity index (χ2v) is 4.93. The molecule has 7 nitrogen and oxygen atoms in total. The molecule has 0 spiro atoms. The first-order valence-corrected chi connectivity index (χ1v) is 6.32. The maximum Gasteiger partial charge on any atom is 0.330 e. The lowest BCUT2D eigenvalue weighted by atomic mass is 10.2. The number of rotatable bonds is 3. The molecule has 2 rings (SSSR count). The molecule has 0 aliphatic rings. The van der Waals surface area contributed by atoms with Crippen LogP contribution in [0.4, 0.5) is 5.69 Å². The van der Waals surface area contributed by atoms with E-state index in [1.54, 1.807) is 17.9 Å². The third-order valence-corrected chi connectivity index (χ3v) is 3.48. The van der Waals surface area contributed by atoms with E-state index < -0.39 is 0 Å². The molecule has 0 radical (unpaired) electrons. The molecular weight excluding hydrogens is 258 g/mol. The number of aromatic nitrogens is 4. The van der Waals surface area contributed by atoms with Crippen molar-refractivity contribution >= 4 is 5.69 Å². The zero-order valence-corrected chi connectivity index (χ0v) is 12.4. The largest absolute Gasteiger partial charge is 0.378 e. The van der Waals surface area contributed by atoms with Crippen molar-refractivity contribution in [3.63, 3.8) is 0 Å². The molecule has 2 aromatic heterocycles. The Kier molecular flexibility index (Phi) is 3.52. The van der Waals surface area contributed by atoms with Crippen LogP contribution in [0.3, 0.4) is 0 Å². The molecule has 20 heavy (non-hydrogen) atoms. The van der Waals surface area contributed by atoms with Gasteiger partial charge in [-0.3, -0.25) is 14.0 Å². The number of hydrogen-bond acceptors (Lipinski definition) is 4. The Morgan fingerprint density at radius 1 is 1.20 bits per heavy atom. The van der Waals surface area contributed by atoms with E-state index in [0.29, 0.717) is 12.1 Å². The van der Waals surface area contributed by atoms with Gasteiger partial charge in [0.1, 0.15) is 0 Å². The van der Waals surface area contributed by atoms with Crippen LogP contribution in [0.25, 0.3) is 0 Å². The van der Waals surface area contributed by atoms with Crippen LogP contribution < -0.4 is 16.6 Å². The summed E-state index contributed by atoms with van der Waals surface area (Å²) in [4.78, 5) is 23.6. The maximum absolute atomic E-state index is 12.0. The fourth-order valence-corrected chi connectivity index (χ4v) is 2.22. The van der Waals surface area contributed by atoms with E-state index in [1.807, 2.05) is 20.9 Å². The first-order valence-electron chi connectivity index (χ1n) is 6.32. The Morgan fingerprint density at radius 3 is 2.40 bits per heavy atom. The monoisotopic (exact) mass is 277 g/mol. The van der Waals surface area contributed by atoms with Gasteiger partial charge in [0, 0.05) is 33.9 Å². The van der Waals surface area contributed by atoms with E-state index in [1.165, 1.54) is 11.6 Å². The summed E-state index contributed by atoms with van der Waals surface area (Å²) in [6, 6.07) is 0. The Bertz CT molecular complexity index is 766. The lowest BCUT2D eigenvalue weighted by Crippen LogP contribution is -2.38. The molecule has 0 bridgehead atoms. The average molecular weight is 277 g/mol. The highest BCUT2D eigenvalue weighted by molar-refractivity contribution is 5.52. The standard InChI is InChI=1S/C13H19N5O2/c1-8-11(9(2)18(5)15-8)14-6-10-7-16(3)13(20)17(4)12(10)19/h7,14H,6H2,1-5H3. The summed E-state index contributed by atoms with van der Waals surface area (Å²) in [7, 11) is 4.99. The van der Waals surface area contributed by atoms with E-state index >= 15 is 0 Å². The molecule has 0 atom stereocenters. The molecule has 0 saturated carbocycles. The van der Waals surface area contributed by atoms with E-state index in [9.17, 15) is 9.59 Å². The van der Waals surface area contributed by atoms with Crippen LogP contribution in [0.15, 0.2) is 15.8 Å². The Hall–Kier alpha value is -2.31. The lowest BCUT2D eigenvalue weighted by molar-refractivity contribution is 0.671.